The highest BCUT2D eigenvalue weighted by atomic mass is 16.5. The van der Waals surface area contributed by atoms with Crippen molar-refractivity contribution in [2.45, 2.75) is 32.2 Å². The number of hydrogen-bond acceptors (Lipinski definition) is 4. The van der Waals surface area contributed by atoms with Crippen molar-refractivity contribution in [1.82, 2.24) is 10.2 Å². The number of hydrogen-bond donors (Lipinski definition) is 2. The standard InChI is InChI=1S/C22H25N3O4/c1-4-15-9-11-17(12-10-15)23-19(26)14-25-20(27)22(2,24-21(25)28)13-16-7-5-6-8-18(16)29-3/h5-12H,4,13-14H2,1-3H3,(H,23,26)(H,24,28)/t22-/m0/s1. The summed E-state index contributed by atoms with van der Waals surface area (Å²) < 4.78 is 5.34. The van der Waals surface area contributed by atoms with Crippen molar-refractivity contribution >= 4 is 23.5 Å². The molecule has 0 saturated carbocycles. The summed E-state index contributed by atoms with van der Waals surface area (Å²) in [7, 11) is 1.56. The molecule has 2 aromatic rings. The second-order valence-corrected chi connectivity index (χ2v) is 7.24. The Kier molecular flexibility index (Phi) is 5.87. The van der Waals surface area contributed by atoms with Crippen LogP contribution in [0.2, 0.25) is 0 Å². The summed E-state index contributed by atoms with van der Waals surface area (Å²) >= 11 is 0. The van der Waals surface area contributed by atoms with Crippen LogP contribution in [0.4, 0.5) is 10.5 Å². The van der Waals surface area contributed by atoms with Crippen molar-refractivity contribution < 1.29 is 19.1 Å². The van der Waals surface area contributed by atoms with Gasteiger partial charge in [0.05, 0.1) is 7.11 Å². The molecule has 0 radical (unpaired) electrons. The number of methoxy groups -OCH3 is 1. The van der Waals surface area contributed by atoms with Gasteiger partial charge in [-0.15, -0.1) is 0 Å². The van der Waals surface area contributed by atoms with Crippen LogP contribution >= 0.6 is 0 Å². The number of imide groups is 1. The van der Waals surface area contributed by atoms with Gasteiger partial charge in [0.1, 0.15) is 17.8 Å². The molecule has 7 nitrogen and oxygen atoms in total. The molecule has 0 aromatic heterocycles. The Morgan fingerprint density at radius 2 is 1.83 bits per heavy atom. The zero-order valence-electron chi connectivity index (χ0n) is 16.8. The largest absolute Gasteiger partial charge is 0.496 e. The lowest BCUT2D eigenvalue weighted by Crippen LogP contribution is -2.46. The van der Waals surface area contributed by atoms with Crippen LogP contribution in [0.3, 0.4) is 0 Å². The fourth-order valence-corrected chi connectivity index (χ4v) is 3.41. The lowest BCUT2D eigenvalue weighted by Gasteiger charge is -2.22. The molecule has 1 heterocycles. The molecule has 4 amide bonds. The van der Waals surface area contributed by atoms with Gasteiger partial charge in [-0.25, -0.2) is 4.79 Å². The van der Waals surface area contributed by atoms with Crippen molar-refractivity contribution in [3.63, 3.8) is 0 Å². The number of nitrogens with zero attached hydrogens (tertiary/aromatic N) is 1. The molecule has 1 saturated heterocycles. The average molecular weight is 395 g/mol. The molecule has 29 heavy (non-hydrogen) atoms. The Hall–Kier alpha value is -3.35. The van der Waals surface area contributed by atoms with Gasteiger partial charge in [0.15, 0.2) is 0 Å². The number of amides is 4. The number of benzene rings is 2. The van der Waals surface area contributed by atoms with E-state index in [4.69, 9.17) is 4.74 Å². The van der Waals surface area contributed by atoms with Crippen LogP contribution in [-0.4, -0.2) is 41.9 Å². The van der Waals surface area contributed by atoms with Gasteiger partial charge in [-0.3, -0.25) is 14.5 Å². The summed E-state index contributed by atoms with van der Waals surface area (Å²) in [5.74, 6) is -0.230. The Morgan fingerprint density at radius 3 is 2.48 bits per heavy atom. The smallest absolute Gasteiger partial charge is 0.325 e. The molecule has 2 N–H and O–H groups in total. The molecule has 7 heteroatoms. The second-order valence-electron chi connectivity index (χ2n) is 7.24. The minimum atomic E-state index is -1.14. The fraction of sp³-hybridized carbons (Fsp3) is 0.318. The zero-order chi connectivity index (χ0) is 21.0. The monoisotopic (exact) mass is 395 g/mol. The first-order valence-corrected chi connectivity index (χ1v) is 9.51. The highest BCUT2D eigenvalue weighted by Gasteiger charge is 2.48. The van der Waals surface area contributed by atoms with E-state index in [-0.39, 0.29) is 13.0 Å². The van der Waals surface area contributed by atoms with E-state index in [9.17, 15) is 14.4 Å². The Labute approximate surface area is 170 Å². The minimum Gasteiger partial charge on any atom is -0.496 e. The van der Waals surface area contributed by atoms with Crippen LogP contribution < -0.4 is 15.4 Å². The number of rotatable bonds is 7. The summed E-state index contributed by atoms with van der Waals surface area (Å²) in [6.07, 6.45) is 1.17. The normalized spacial score (nSPS) is 18.5. The summed E-state index contributed by atoms with van der Waals surface area (Å²) in [5, 5.41) is 5.44. The van der Waals surface area contributed by atoms with Crippen molar-refractivity contribution in [3.8, 4) is 5.75 Å². The SMILES string of the molecule is CCc1ccc(NC(=O)CN2C(=O)N[C@@](C)(Cc3ccccc3OC)C2=O)cc1. The van der Waals surface area contributed by atoms with Gasteiger partial charge in [0, 0.05) is 12.1 Å². The first kappa shape index (κ1) is 20.4. The van der Waals surface area contributed by atoms with Gasteiger partial charge >= 0.3 is 6.03 Å². The van der Waals surface area contributed by atoms with E-state index in [2.05, 4.69) is 10.6 Å². The molecular formula is C22H25N3O4. The Morgan fingerprint density at radius 1 is 1.14 bits per heavy atom. The molecule has 0 spiro atoms. The third-order valence-corrected chi connectivity index (χ3v) is 5.03. The van der Waals surface area contributed by atoms with Crippen LogP contribution in [0.1, 0.15) is 25.0 Å². The van der Waals surface area contributed by atoms with Crippen molar-refractivity contribution in [1.29, 1.82) is 0 Å². The molecule has 3 rings (SSSR count). The number of urea groups is 1. The minimum absolute atomic E-state index is 0.262. The Balaban J connectivity index is 1.68. The average Bonchev–Trinajstić information content (AvgIpc) is 2.92. The number of aryl methyl sites for hydroxylation is 1. The van der Waals surface area contributed by atoms with E-state index in [1.807, 2.05) is 37.3 Å². The van der Waals surface area contributed by atoms with Gasteiger partial charge in [-0.05, 0) is 42.7 Å². The van der Waals surface area contributed by atoms with E-state index in [1.54, 1.807) is 32.2 Å². The number of nitrogens with one attached hydrogen (secondary N) is 2. The van der Waals surface area contributed by atoms with Crippen molar-refractivity contribution in [2.24, 2.45) is 0 Å². The third-order valence-electron chi connectivity index (χ3n) is 5.03. The summed E-state index contributed by atoms with van der Waals surface area (Å²) in [5.41, 5.74) is 1.43. The van der Waals surface area contributed by atoms with Crippen molar-refractivity contribution in [3.05, 3.63) is 59.7 Å². The zero-order valence-corrected chi connectivity index (χ0v) is 16.8. The fourth-order valence-electron chi connectivity index (χ4n) is 3.41. The number of ether oxygens (including phenoxy) is 1. The topological polar surface area (TPSA) is 87.7 Å². The third kappa shape index (κ3) is 4.39. The maximum absolute atomic E-state index is 12.9. The maximum atomic E-state index is 12.9. The van der Waals surface area contributed by atoms with E-state index in [0.717, 1.165) is 22.4 Å². The lowest BCUT2D eigenvalue weighted by atomic mass is 9.92. The summed E-state index contributed by atoms with van der Waals surface area (Å²) in [4.78, 5) is 38.7. The molecule has 0 aliphatic carbocycles. The van der Waals surface area contributed by atoms with E-state index < -0.39 is 23.4 Å². The van der Waals surface area contributed by atoms with E-state index >= 15 is 0 Å². The van der Waals surface area contributed by atoms with Crippen LogP contribution in [0, 0.1) is 0 Å². The molecular weight excluding hydrogens is 370 g/mol. The molecule has 1 aliphatic rings. The van der Waals surface area contributed by atoms with Crippen LogP contribution in [0.5, 0.6) is 5.75 Å². The van der Waals surface area contributed by atoms with Gasteiger partial charge in [0.25, 0.3) is 5.91 Å². The highest BCUT2D eigenvalue weighted by molar-refractivity contribution is 6.10. The maximum Gasteiger partial charge on any atom is 0.325 e. The van der Waals surface area contributed by atoms with Crippen LogP contribution in [-0.2, 0) is 22.4 Å². The van der Waals surface area contributed by atoms with Gasteiger partial charge in [0.2, 0.25) is 5.91 Å². The first-order valence-electron chi connectivity index (χ1n) is 9.51. The van der Waals surface area contributed by atoms with Crippen LogP contribution in [0.25, 0.3) is 0 Å². The number of carbonyl (C=O) groups is 3. The quantitative estimate of drug-likeness (QED) is 0.706. The predicted octanol–water partition coefficient (Wildman–Crippen LogP) is 2.75. The van der Waals surface area contributed by atoms with Gasteiger partial charge in [-0.2, -0.15) is 0 Å². The molecule has 1 atom stereocenters. The lowest BCUT2D eigenvalue weighted by molar-refractivity contribution is -0.133. The van der Waals surface area contributed by atoms with Gasteiger partial charge in [-0.1, -0.05) is 37.3 Å². The van der Waals surface area contributed by atoms with Gasteiger partial charge < -0.3 is 15.4 Å². The highest BCUT2D eigenvalue weighted by Crippen LogP contribution is 2.27. The number of para-hydroxylation sites is 1. The molecule has 152 valence electrons. The van der Waals surface area contributed by atoms with Crippen molar-refractivity contribution in [2.75, 3.05) is 19.0 Å². The molecule has 0 bridgehead atoms. The first-order chi connectivity index (χ1) is 13.9. The Bertz CT molecular complexity index is 926. The molecule has 0 unspecified atom stereocenters. The molecule has 2 aromatic carbocycles. The number of anilines is 1. The molecule has 1 fully saturated rings. The number of carbonyl (C=O) groups excluding carboxylic acids is 3. The van der Waals surface area contributed by atoms with Crippen LogP contribution in [0.15, 0.2) is 48.5 Å². The molecule has 1 aliphatic heterocycles. The summed E-state index contributed by atoms with van der Waals surface area (Å²) in [6.45, 7) is 3.36. The second kappa shape index (κ2) is 8.34. The predicted molar refractivity (Wildman–Crippen MR) is 110 cm³/mol. The summed E-state index contributed by atoms with van der Waals surface area (Å²) in [6, 6.07) is 14.2. The van der Waals surface area contributed by atoms with E-state index in [0.29, 0.717) is 11.4 Å². The van der Waals surface area contributed by atoms with E-state index in [1.165, 1.54) is 0 Å².